The summed E-state index contributed by atoms with van der Waals surface area (Å²) in [4.78, 5) is 14.2. The van der Waals surface area contributed by atoms with E-state index in [2.05, 4.69) is 5.32 Å². The van der Waals surface area contributed by atoms with Crippen molar-refractivity contribution in [2.75, 3.05) is 25.5 Å². The number of halogens is 1. The topological polar surface area (TPSA) is 58.4 Å². The molecule has 1 amide bonds. The lowest BCUT2D eigenvalue weighted by molar-refractivity contribution is -0.117. The Hall–Kier alpha value is -1.10. The molecule has 3 N–H and O–H groups in total. The van der Waals surface area contributed by atoms with Crippen molar-refractivity contribution in [2.45, 2.75) is 25.8 Å². The SMILES string of the molecule is Cc1c(Cl)cccc1NC(=O)CN(C)C(CN)C1CC1. The fourth-order valence-electron chi connectivity index (χ4n) is 2.49. The van der Waals surface area contributed by atoms with Crippen molar-refractivity contribution in [3.63, 3.8) is 0 Å². The quantitative estimate of drug-likeness (QED) is 0.846. The van der Waals surface area contributed by atoms with E-state index in [1.807, 2.05) is 37.1 Å². The number of hydrogen-bond acceptors (Lipinski definition) is 3. The number of anilines is 1. The number of benzene rings is 1. The minimum Gasteiger partial charge on any atom is -0.329 e. The van der Waals surface area contributed by atoms with Gasteiger partial charge in [0, 0.05) is 23.3 Å². The molecule has 0 bridgehead atoms. The van der Waals surface area contributed by atoms with Crippen LogP contribution in [0.25, 0.3) is 0 Å². The molecule has 5 heteroatoms. The lowest BCUT2D eigenvalue weighted by atomic mass is 10.1. The lowest BCUT2D eigenvalue weighted by Gasteiger charge is -2.26. The Labute approximate surface area is 125 Å². The number of nitrogens with two attached hydrogens (primary N) is 1. The molecule has 1 aromatic rings. The summed E-state index contributed by atoms with van der Waals surface area (Å²) in [6.07, 6.45) is 2.45. The third kappa shape index (κ3) is 3.72. The third-order valence-electron chi connectivity index (χ3n) is 3.91. The molecule has 0 saturated heterocycles. The summed E-state index contributed by atoms with van der Waals surface area (Å²) in [5.74, 6) is 0.627. The zero-order valence-corrected chi connectivity index (χ0v) is 12.8. The smallest absolute Gasteiger partial charge is 0.238 e. The van der Waals surface area contributed by atoms with Crippen LogP contribution in [0.2, 0.25) is 5.02 Å². The highest BCUT2D eigenvalue weighted by Crippen LogP contribution is 2.34. The van der Waals surface area contributed by atoms with Gasteiger partial charge in [-0.05, 0) is 50.4 Å². The van der Waals surface area contributed by atoms with Gasteiger partial charge in [0.1, 0.15) is 0 Å². The first kappa shape index (κ1) is 15.3. The van der Waals surface area contributed by atoms with Crippen molar-refractivity contribution >= 4 is 23.2 Å². The monoisotopic (exact) mass is 295 g/mol. The van der Waals surface area contributed by atoms with Gasteiger partial charge in [-0.3, -0.25) is 9.69 Å². The fraction of sp³-hybridized carbons (Fsp3) is 0.533. The number of nitrogens with zero attached hydrogens (tertiary/aromatic N) is 1. The molecular weight excluding hydrogens is 274 g/mol. The van der Waals surface area contributed by atoms with Crippen molar-refractivity contribution in [3.8, 4) is 0 Å². The molecule has 110 valence electrons. The van der Waals surface area contributed by atoms with Crippen LogP contribution < -0.4 is 11.1 Å². The van der Waals surface area contributed by atoms with E-state index >= 15 is 0 Å². The Kier molecular flexibility index (Phi) is 5.02. The van der Waals surface area contributed by atoms with E-state index in [1.165, 1.54) is 12.8 Å². The Balaban J connectivity index is 1.93. The summed E-state index contributed by atoms with van der Waals surface area (Å²) in [5.41, 5.74) is 7.46. The number of amides is 1. The molecule has 2 rings (SSSR count). The number of nitrogens with one attached hydrogen (secondary N) is 1. The minimum absolute atomic E-state index is 0.0306. The number of likely N-dealkylation sites (N-methyl/N-ethyl adjacent to an activating group) is 1. The van der Waals surface area contributed by atoms with Crippen LogP contribution in [0.3, 0.4) is 0 Å². The minimum atomic E-state index is -0.0306. The summed E-state index contributed by atoms with van der Waals surface area (Å²) in [6, 6.07) is 5.82. The van der Waals surface area contributed by atoms with Crippen molar-refractivity contribution in [1.29, 1.82) is 0 Å². The van der Waals surface area contributed by atoms with Crippen LogP contribution >= 0.6 is 11.6 Å². The second-order valence-corrected chi connectivity index (χ2v) is 5.92. The van der Waals surface area contributed by atoms with Gasteiger partial charge in [0.2, 0.25) is 5.91 Å². The van der Waals surface area contributed by atoms with Gasteiger partial charge in [0.15, 0.2) is 0 Å². The maximum absolute atomic E-state index is 12.1. The first-order chi connectivity index (χ1) is 9.52. The molecule has 0 spiro atoms. The summed E-state index contributed by atoms with van der Waals surface area (Å²) >= 11 is 6.05. The largest absolute Gasteiger partial charge is 0.329 e. The van der Waals surface area contributed by atoms with E-state index in [1.54, 1.807) is 0 Å². The predicted octanol–water partition coefficient (Wildman–Crippen LogP) is 2.26. The molecule has 1 aromatic carbocycles. The molecule has 1 atom stereocenters. The normalized spacial score (nSPS) is 16.2. The van der Waals surface area contributed by atoms with Crippen LogP contribution in [0.15, 0.2) is 18.2 Å². The van der Waals surface area contributed by atoms with E-state index in [4.69, 9.17) is 17.3 Å². The summed E-state index contributed by atoms with van der Waals surface area (Å²) in [7, 11) is 1.96. The zero-order valence-electron chi connectivity index (χ0n) is 12.0. The third-order valence-corrected chi connectivity index (χ3v) is 4.32. The molecular formula is C15H22ClN3O. The number of carbonyl (C=O) groups excluding carboxylic acids is 1. The Morgan fingerprint density at radius 2 is 2.25 bits per heavy atom. The fourth-order valence-corrected chi connectivity index (χ4v) is 2.66. The zero-order chi connectivity index (χ0) is 14.7. The molecule has 0 aliphatic heterocycles. The summed E-state index contributed by atoms with van der Waals surface area (Å²) < 4.78 is 0. The molecule has 4 nitrogen and oxygen atoms in total. The molecule has 1 fully saturated rings. The van der Waals surface area contributed by atoms with Crippen molar-refractivity contribution < 1.29 is 4.79 Å². The van der Waals surface area contributed by atoms with E-state index in [0.717, 1.165) is 11.3 Å². The van der Waals surface area contributed by atoms with Crippen LogP contribution in [0.5, 0.6) is 0 Å². The molecule has 0 heterocycles. The molecule has 0 radical (unpaired) electrons. The van der Waals surface area contributed by atoms with Gasteiger partial charge >= 0.3 is 0 Å². The maximum atomic E-state index is 12.1. The van der Waals surface area contributed by atoms with Gasteiger partial charge in [-0.15, -0.1) is 0 Å². The first-order valence-electron chi connectivity index (χ1n) is 6.98. The van der Waals surface area contributed by atoms with Crippen LogP contribution in [-0.2, 0) is 4.79 Å². The number of hydrogen-bond donors (Lipinski definition) is 2. The number of rotatable bonds is 6. The highest BCUT2D eigenvalue weighted by molar-refractivity contribution is 6.31. The highest BCUT2D eigenvalue weighted by atomic mass is 35.5. The summed E-state index contributed by atoms with van der Waals surface area (Å²) in [5, 5.41) is 3.58. The summed E-state index contributed by atoms with van der Waals surface area (Å²) in [6.45, 7) is 2.85. The van der Waals surface area contributed by atoms with Crippen molar-refractivity contribution in [3.05, 3.63) is 28.8 Å². The second kappa shape index (κ2) is 6.57. The molecule has 1 saturated carbocycles. The first-order valence-corrected chi connectivity index (χ1v) is 7.36. The van der Waals surface area contributed by atoms with Crippen LogP contribution in [0.1, 0.15) is 18.4 Å². The van der Waals surface area contributed by atoms with Crippen molar-refractivity contribution in [1.82, 2.24) is 4.90 Å². The highest BCUT2D eigenvalue weighted by Gasteiger charge is 2.33. The van der Waals surface area contributed by atoms with Crippen molar-refractivity contribution in [2.24, 2.45) is 11.7 Å². The van der Waals surface area contributed by atoms with Crippen LogP contribution in [0.4, 0.5) is 5.69 Å². The predicted molar refractivity (Wildman–Crippen MR) is 83.0 cm³/mol. The van der Waals surface area contributed by atoms with Gasteiger partial charge in [-0.1, -0.05) is 17.7 Å². The van der Waals surface area contributed by atoms with E-state index in [9.17, 15) is 4.79 Å². The molecule has 1 unspecified atom stereocenters. The molecule has 20 heavy (non-hydrogen) atoms. The lowest BCUT2D eigenvalue weighted by Crippen LogP contribution is -2.43. The van der Waals surface area contributed by atoms with E-state index in [0.29, 0.717) is 30.1 Å². The standard InChI is InChI=1S/C15H22ClN3O/c1-10-12(16)4-3-5-13(10)18-15(20)9-19(2)14(8-17)11-6-7-11/h3-5,11,14H,6-9,17H2,1-2H3,(H,18,20). The Morgan fingerprint density at radius 3 is 2.85 bits per heavy atom. The van der Waals surface area contributed by atoms with Crippen LogP contribution in [0, 0.1) is 12.8 Å². The molecule has 1 aliphatic rings. The van der Waals surface area contributed by atoms with E-state index in [-0.39, 0.29) is 5.91 Å². The van der Waals surface area contributed by atoms with E-state index < -0.39 is 0 Å². The van der Waals surface area contributed by atoms with Gasteiger partial charge < -0.3 is 11.1 Å². The maximum Gasteiger partial charge on any atom is 0.238 e. The average Bonchev–Trinajstić information content (AvgIpc) is 3.20. The number of carbonyl (C=O) groups is 1. The Bertz CT molecular complexity index is 488. The van der Waals surface area contributed by atoms with Gasteiger partial charge in [0.25, 0.3) is 0 Å². The van der Waals surface area contributed by atoms with Gasteiger partial charge in [-0.25, -0.2) is 0 Å². The van der Waals surface area contributed by atoms with Gasteiger partial charge in [0.05, 0.1) is 6.54 Å². The average molecular weight is 296 g/mol. The Morgan fingerprint density at radius 1 is 1.55 bits per heavy atom. The molecule has 1 aliphatic carbocycles. The van der Waals surface area contributed by atoms with Crippen LogP contribution in [-0.4, -0.2) is 37.0 Å². The molecule has 0 aromatic heterocycles. The van der Waals surface area contributed by atoms with Gasteiger partial charge in [-0.2, -0.15) is 0 Å². The second-order valence-electron chi connectivity index (χ2n) is 5.52.